The van der Waals surface area contributed by atoms with Crippen LogP contribution in [-0.4, -0.2) is 6.54 Å². The Bertz CT molecular complexity index is 581. The molecule has 0 spiro atoms. The van der Waals surface area contributed by atoms with Crippen LogP contribution in [0.3, 0.4) is 0 Å². The molecule has 0 aromatic heterocycles. The average molecular weight is 278 g/mol. The Morgan fingerprint density at radius 3 is 2.58 bits per heavy atom. The number of benzene rings is 2. The van der Waals surface area contributed by atoms with E-state index in [2.05, 4.69) is 18.3 Å². The van der Waals surface area contributed by atoms with Crippen LogP contribution in [0.2, 0.25) is 5.02 Å². The smallest absolute Gasteiger partial charge is 0.132 e. The molecule has 0 radical (unpaired) electrons. The molecule has 0 aliphatic rings. The Kier molecular flexibility index (Phi) is 4.56. The van der Waals surface area contributed by atoms with Crippen molar-refractivity contribution in [1.82, 2.24) is 5.32 Å². The van der Waals surface area contributed by atoms with Gasteiger partial charge in [0.1, 0.15) is 5.82 Å². The van der Waals surface area contributed by atoms with Crippen molar-refractivity contribution in [2.45, 2.75) is 20.4 Å². The van der Waals surface area contributed by atoms with Gasteiger partial charge in [0.25, 0.3) is 0 Å². The van der Waals surface area contributed by atoms with Gasteiger partial charge < -0.3 is 5.32 Å². The lowest BCUT2D eigenvalue weighted by Crippen LogP contribution is -2.11. The van der Waals surface area contributed by atoms with E-state index >= 15 is 0 Å². The first-order chi connectivity index (χ1) is 9.11. The number of nitrogens with one attached hydrogen (secondary N) is 1. The first kappa shape index (κ1) is 14.0. The molecule has 3 heteroatoms. The van der Waals surface area contributed by atoms with E-state index < -0.39 is 0 Å². The highest BCUT2D eigenvalue weighted by Gasteiger charge is 2.09. The van der Waals surface area contributed by atoms with E-state index in [4.69, 9.17) is 11.6 Å². The SMILES string of the molecule is CCNCc1ccc(C)c(-c2ccc(Cl)cc2F)c1. The molecule has 0 aliphatic carbocycles. The van der Waals surface area contributed by atoms with Crippen LogP contribution in [0, 0.1) is 12.7 Å². The zero-order valence-corrected chi connectivity index (χ0v) is 11.9. The lowest BCUT2D eigenvalue weighted by Gasteiger charge is -2.11. The largest absolute Gasteiger partial charge is 0.313 e. The van der Waals surface area contributed by atoms with E-state index in [0.29, 0.717) is 10.6 Å². The summed E-state index contributed by atoms with van der Waals surface area (Å²) in [6.45, 7) is 5.76. The summed E-state index contributed by atoms with van der Waals surface area (Å²) in [5.41, 5.74) is 3.73. The molecule has 2 rings (SSSR count). The molecule has 0 saturated heterocycles. The van der Waals surface area contributed by atoms with Crippen molar-refractivity contribution in [2.75, 3.05) is 6.54 Å². The highest BCUT2D eigenvalue weighted by molar-refractivity contribution is 6.30. The summed E-state index contributed by atoms with van der Waals surface area (Å²) < 4.78 is 14.0. The first-order valence-electron chi connectivity index (χ1n) is 6.37. The number of aryl methyl sites for hydroxylation is 1. The number of rotatable bonds is 4. The molecule has 0 fully saturated rings. The third kappa shape index (κ3) is 3.34. The predicted molar refractivity (Wildman–Crippen MR) is 79.0 cm³/mol. The van der Waals surface area contributed by atoms with Crippen LogP contribution >= 0.6 is 11.6 Å². The Balaban J connectivity index is 2.42. The van der Waals surface area contributed by atoms with E-state index in [1.54, 1.807) is 12.1 Å². The average Bonchev–Trinajstić information content (AvgIpc) is 2.38. The van der Waals surface area contributed by atoms with Gasteiger partial charge in [-0.25, -0.2) is 4.39 Å². The minimum atomic E-state index is -0.281. The highest BCUT2D eigenvalue weighted by Crippen LogP contribution is 2.28. The molecule has 0 aliphatic heterocycles. The molecule has 1 nitrogen and oxygen atoms in total. The molecule has 0 unspecified atom stereocenters. The Labute approximate surface area is 118 Å². The van der Waals surface area contributed by atoms with Crippen molar-refractivity contribution >= 4 is 11.6 Å². The molecule has 0 bridgehead atoms. The van der Waals surface area contributed by atoms with Crippen molar-refractivity contribution in [1.29, 1.82) is 0 Å². The Morgan fingerprint density at radius 2 is 1.89 bits per heavy atom. The van der Waals surface area contributed by atoms with Crippen LogP contribution in [0.5, 0.6) is 0 Å². The molecule has 0 saturated carbocycles. The van der Waals surface area contributed by atoms with Gasteiger partial charge in [-0.15, -0.1) is 0 Å². The van der Waals surface area contributed by atoms with Gasteiger partial charge in [-0.3, -0.25) is 0 Å². The van der Waals surface area contributed by atoms with Gasteiger partial charge in [0, 0.05) is 17.1 Å². The van der Waals surface area contributed by atoms with Crippen LogP contribution < -0.4 is 5.32 Å². The fraction of sp³-hybridized carbons (Fsp3) is 0.250. The third-order valence-corrected chi connectivity index (χ3v) is 3.34. The molecule has 2 aromatic carbocycles. The van der Waals surface area contributed by atoms with Gasteiger partial charge >= 0.3 is 0 Å². The number of halogens is 2. The Morgan fingerprint density at radius 1 is 1.11 bits per heavy atom. The van der Waals surface area contributed by atoms with Gasteiger partial charge in [0.2, 0.25) is 0 Å². The summed E-state index contributed by atoms with van der Waals surface area (Å²) in [7, 11) is 0. The van der Waals surface area contributed by atoms with Gasteiger partial charge in [-0.1, -0.05) is 30.7 Å². The van der Waals surface area contributed by atoms with Crippen molar-refractivity contribution < 1.29 is 4.39 Å². The second kappa shape index (κ2) is 6.18. The molecular weight excluding hydrogens is 261 g/mol. The third-order valence-electron chi connectivity index (χ3n) is 3.10. The van der Waals surface area contributed by atoms with Gasteiger partial charge in [0.15, 0.2) is 0 Å². The van der Waals surface area contributed by atoms with Gasteiger partial charge in [0.05, 0.1) is 0 Å². The maximum Gasteiger partial charge on any atom is 0.132 e. The minimum Gasteiger partial charge on any atom is -0.313 e. The maximum absolute atomic E-state index is 14.0. The van der Waals surface area contributed by atoms with Crippen LogP contribution in [-0.2, 0) is 6.54 Å². The summed E-state index contributed by atoms with van der Waals surface area (Å²) in [6, 6.07) is 10.9. The summed E-state index contributed by atoms with van der Waals surface area (Å²) in [5, 5.41) is 3.69. The second-order valence-electron chi connectivity index (χ2n) is 4.55. The van der Waals surface area contributed by atoms with Crippen molar-refractivity contribution in [3.05, 3.63) is 58.4 Å². The molecule has 0 heterocycles. The molecule has 2 aromatic rings. The first-order valence-corrected chi connectivity index (χ1v) is 6.75. The molecule has 0 atom stereocenters. The van der Waals surface area contributed by atoms with Gasteiger partial charge in [-0.05, 0) is 54.4 Å². The van der Waals surface area contributed by atoms with Crippen LogP contribution in [0.4, 0.5) is 4.39 Å². The lowest BCUT2D eigenvalue weighted by molar-refractivity contribution is 0.631. The molecule has 1 N–H and O–H groups in total. The van der Waals surface area contributed by atoms with E-state index in [-0.39, 0.29) is 5.82 Å². The standard InChI is InChI=1S/C16H17ClFN/c1-3-19-10-12-5-4-11(2)15(8-12)14-7-6-13(17)9-16(14)18/h4-9,19H,3,10H2,1-2H3. The summed E-state index contributed by atoms with van der Waals surface area (Å²) >= 11 is 5.79. The van der Waals surface area contributed by atoms with Crippen molar-refractivity contribution in [3.8, 4) is 11.1 Å². The van der Waals surface area contributed by atoms with Crippen LogP contribution in [0.25, 0.3) is 11.1 Å². The molecule has 0 amide bonds. The van der Waals surface area contributed by atoms with Crippen LogP contribution in [0.15, 0.2) is 36.4 Å². The molecule has 19 heavy (non-hydrogen) atoms. The van der Waals surface area contributed by atoms with E-state index in [1.807, 2.05) is 19.1 Å². The van der Waals surface area contributed by atoms with E-state index in [9.17, 15) is 4.39 Å². The topological polar surface area (TPSA) is 12.0 Å². The molecular formula is C16H17ClFN. The van der Waals surface area contributed by atoms with E-state index in [1.165, 1.54) is 6.07 Å². The monoisotopic (exact) mass is 277 g/mol. The van der Waals surface area contributed by atoms with Gasteiger partial charge in [-0.2, -0.15) is 0 Å². The maximum atomic E-state index is 14.0. The fourth-order valence-electron chi connectivity index (χ4n) is 2.05. The summed E-state index contributed by atoms with van der Waals surface area (Å²) in [5.74, 6) is -0.281. The Hall–Kier alpha value is -1.38. The fourth-order valence-corrected chi connectivity index (χ4v) is 2.21. The molecule has 100 valence electrons. The normalized spacial score (nSPS) is 10.7. The number of hydrogen-bond donors (Lipinski definition) is 1. The summed E-state index contributed by atoms with van der Waals surface area (Å²) in [4.78, 5) is 0. The lowest BCUT2D eigenvalue weighted by atomic mass is 9.97. The number of hydrogen-bond acceptors (Lipinski definition) is 1. The minimum absolute atomic E-state index is 0.281. The summed E-state index contributed by atoms with van der Waals surface area (Å²) in [6.07, 6.45) is 0. The van der Waals surface area contributed by atoms with E-state index in [0.717, 1.165) is 29.8 Å². The van der Waals surface area contributed by atoms with Crippen LogP contribution in [0.1, 0.15) is 18.1 Å². The quantitative estimate of drug-likeness (QED) is 0.864. The van der Waals surface area contributed by atoms with Crippen molar-refractivity contribution in [3.63, 3.8) is 0 Å². The van der Waals surface area contributed by atoms with Crippen molar-refractivity contribution in [2.24, 2.45) is 0 Å². The zero-order valence-electron chi connectivity index (χ0n) is 11.1. The predicted octanol–water partition coefficient (Wildman–Crippen LogP) is 4.56. The highest BCUT2D eigenvalue weighted by atomic mass is 35.5. The second-order valence-corrected chi connectivity index (χ2v) is 4.99. The zero-order chi connectivity index (χ0) is 13.8.